The van der Waals surface area contributed by atoms with Crippen LogP contribution in [0.15, 0.2) is 48.5 Å². The SMILES string of the molecule is CC1(OCC(=O)O)CN(C(=O)CC(O)CNC(=O)OCC2c3ccccc3-c3ccccc32)C1. The summed E-state index contributed by atoms with van der Waals surface area (Å²) in [7, 11) is 0. The number of alkyl carbamates (subject to hydrolysis) is 1. The number of hydrogen-bond acceptors (Lipinski definition) is 6. The van der Waals surface area contributed by atoms with Gasteiger partial charge in [0.25, 0.3) is 0 Å². The van der Waals surface area contributed by atoms with E-state index in [0.717, 1.165) is 22.3 Å². The Morgan fingerprint density at radius 1 is 1.09 bits per heavy atom. The molecule has 1 unspecified atom stereocenters. The van der Waals surface area contributed by atoms with Crippen molar-refractivity contribution in [1.82, 2.24) is 10.2 Å². The molecule has 180 valence electrons. The highest BCUT2D eigenvalue weighted by molar-refractivity contribution is 5.79. The van der Waals surface area contributed by atoms with Gasteiger partial charge in [0, 0.05) is 12.5 Å². The smallest absolute Gasteiger partial charge is 0.407 e. The molecule has 1 saturated heterocycles. The van der Waals surface area contributed by atoms with Crippen LogP contribution in [-0.2, 0) is 19.1 Å². The van der Waals surface area contributed by atoms with E-state index in [1.807, 2.05) is 36.4 Å². The van der Waals surface area contributed by atoms with E-state index in [0.29, 0.717) is 0 Å². The fraction of sp³-hybridized carbons (Fsp3) is 0.400. The van der Waals surface area contributed by atoms with E-state index >= 15 is 0 Å². The molecule has 4 rings (SSSR count). The monoisotopic (exact) mass is 468 g/mol. The molecule has 0 spiro atoms. The van der Waals surface area contributed by atoms with Gasteiger partial charge in [0.15, 0.2) is 0 Å². The van der Waals surface area contributed by atoms with Crippen molar-refractivity contribution in [2.75, 3.05) is 32.8 Å². The number of nitrogens with one attached hydrogen (secondary N) is 1. The van der Waals surface area contributed by atoms with E-state index in [9.17, 15) is 19.5 Å². The van der Waals surface area contributed by atoms with Gasteiger partial charge in [0.1, 0.15) is 18.8 Å². The second-order valence-corrected chi connectivity index (χ2v) is 8.95. The zero-order chi connectivity index (χ0) is 24.3. The molecule has 3 N–H and O–H groups in total. The van der Waals surface area contributed by atoms with E-state index in [1.54, 1.807) is 6.92 Å². The molecule has 1 aliphatic carbocycles. The molecule has 1 fully saturated rings. The molecule has 1 heterocycles. The number of carbonyl (C=O) groups excluding carboxylic acids is 2. The number of fused-ring (bicyclic) bond motifs is 3. The quantitative estimate of drug-likeness (QED) is 0.514. The number of likely N-dealkylation sites (tertiary alicyclic amines) is 1. The average molecular weight is 469 g/mol. The first kappa shape index (κ1) is 23.7. The Balaban J connectivity index is 1.20. The molecule has 9 nitrogen and oxygen atoms in total. The number of ether oxygens (including phenoxy) is 2. The molecule has 0 radical (unpaired) electrons. The van der Waals surface area contributed by atoms with Crippen molar-refractivity contribution in [2.45, 2.75) is 31.0 Å². The van der Waals surface area contributed by atoms with Crippen molar-refractivity contribution < 1.29 is 34.1 Å². The third-order valence-electron chi connectivity index (χ3n) is 6.18. The van der Waals surface area contributed by atoms with Crippen LogP contribution in [0.25, 0.3) is 11.1 Å². The number of aliphatic carboxylic acids is 1. The van der Waals surface area contributed by atoms with Crippen LogP contribution in [0, 0.1) is 0 Å². The zero-order valence-electron chi connectivity index (χ0n) is 18.9. The van der Waals surface area contributed by atoms with Crippen LogP contribution in [0.3, 0.4) is 0 Å². The minimum absolute atomic E-state index is 0.0614. The lowest BCUT2D eigenvalue weighted by Gasteiger charge is -2.47. The fourth-order valence-electron chi connectivity index (χ4n) is 4.52. The Morgan fingerprint density at radius 3 is 2.26 bits per heavy atom. The first-order valence-electron chi connectivity index (χ1n) is 11.2. The average Bonchev–Trinajstić information content (AvgIpc) is 3.12. The third kappa shape index (κ3) is 5.21. The van der Waals surface area contributed by atoms with E-state index in [1.165, 1.54) is 4.90 Å². The highest BCUT2D eigenvalue weighted by Crippen LogP contribution is 2.44. The highest BCUT2D eigenvalue weighted by atomic mass is 16.5. The van der Waals surface area contributed by atoms with Crippen LogP contribution >= 0.6 is 0 Å². The van der Waals surface area contributed by atoms with Crippen molar-refractivity contribution >= 4 is 18.0 Å². The summed E-state index contributed by atoms with van der Waals surface area (Å²) in [6.45, 7) is 1.86. The first-order valence-corrected chi connectivity index (χ1v) is 11.2. The molecule has 1 atom stereocenters. The lowest BCUT2D eigenvalue weighted by atomic mass is 9.95. The van der Waals surface area contributed by atoms with Crippen molar-refractivity contribution in [3.63, 3.8) is 0 Å². The van der Waals surface area contributed by atoms with Gasteiger partial charge in [-0.15, -0.1) is 0 Å². The minimum atomic E-state index is -1.07. The standard InChI is InChI=1S/C25H28N2O7/c1-25(34-13-23(30)31)14-27(15-25)22(29)10-16(28)11-26-24(32)33-12-21-19-8-4-2-6-17(19)18-7-3-5-9-20(18)21/h2-9,16,21,28H,10-15H2,1H3,(H,26,32)(H,30,31). The second-order valence-electron chi connectivity index (χ2n) is 8.95. The number of aliphatic hydroxyl groups excluding tert-OH is 1. The fourth-order valence-corrected chi connectivity index (χ4v) is 4.52. The van der Waals surface area contributed by atoms with Gasteiger partial charge >= 0.3 is 12.1 Å². The molecule has 1 aliphatic heterocycles. The summed E-state index contributed by atoms with van der Waals surface area (Å²) in [5.74, 6) is -1.42. The van der Waals surface area contributed by atoms with Crippen molar-refractivity contribution in [1.29, 1.82) is 0 Å². The number of carbonyl (C=O) groups is 3. The molecule has 0 saturated carbocycles. The Labute approximate surface area is 197 Å². The number of amides is 2. The van der Waals surface area contributed by atoms with Gasteiger partial charge in [-0.3, -0.25) is 4.79 Å². The normalized spacial score (nSPS) is 16.7. The summed E-state index contributed by atoms with van der Waals surface area (Å²) < 4.78 is 10.7. The highest BCUT2D eigenvalue weighted by Gasteiger charge is 2.42. The number of carboxylic acids is 1. The number of aliphatic hydroxyl groups is 1. The first-order chi connectivity index (χ1) is 16.3. The summed E-state index contributed by atoms with van der Waals surface area (Å²) in [6.07, 6.45) is -1.90. The summed E-state index contributed by atoms with van der Waals surface area (Å²) in [4.78, 5) is 36.6. The predicted octanol–water partition coefficient (Wildman–Crippen LogP) is 1.98. The molecular weight excluding hydrogens is 440 g/mol. The van der Waals surface area contributed by atoms with Crippen LogP contribution in [0.2, 0.25) is 0 Å². The van der Waals surface area contributed by atoms with E-state index in [2.05, 4.69) is 17.4 Å². The van der Waals surface area contributed by atoms with E-state index < -0.39 is 30.4 Å². The molecule has 34 heavy (non-hydrogen) atoms. The largest absolute Gasteiger partial charge is 0.480 e. The van der Waals surface area contributed by atoms with Crippen molar-refractivity contribution in [3.05, 3.63) is 59.7 Å². The number of rotatable bonds is 9. The van der Waals surface area contributed by atoms with Crippen LogP contribution in [-0.4, -0.2) is 77.6 Å². The second kappa shape index (κ2) is 9.82. The van der Waals surface area contributed by atoms with Crippen molar-refractivity contribution in [2.24, 2.45) is 0 Å². The molecule has 2 amide bonds. The maximum absolute atomic E-state index is 12.3. The van der Waals surface area contributed by atoms with Gasteiger partial charge < -0.3 is 29.9 Å². The van der Waals surface area contributed by atoms with Gasteiger partial charge in [-0.1, -0.05) is 48.5 Å². The summed E-state index contributed by atoms with van der Waals surface area (Å²) in [6, 6.07) is 16.1. The van der Waals surface area contributed by atoms with E-state index in [4.69, 9.17) is 14.6 Å². The number of carboxylic acid groups (broad SMARTS) is 1. The van der Waals surface area contributed by atoms with Crippen LogP contribution in [0.1, 0.15) is 30.4 Å². The molecule has 9 heteroatoms. The summed E-state index contributed by atoms with van der Waals surface area (Å²) in [5, 5.41) is 21.4. The van der Waals surface area contributed by atoms with Crippen molar-refractivity contribution in [3.8, 4) is 11.1 Å². The van der Waals surface area contributed by atoms with Crippen LogP contribution < -0.4 is 5.32 Å². The Bertz CT molecular complexity index is 1030. The Kier molecular flexibility index (Phi) is 6.85. The van der Waals surface area contributed by atoms with Gasteiger partial charge in [-0.25, -0.2) is 9.59 Å². The predicted molar refractivity (Wildman–Crippen MR) is 122 cm³/mol. The molecule has 0 aromatic heterocycles. The van der Waals surface area contributed by atoms with Crippen LogP contribution in [0.4, 0.5) is 4.79 Å². The lowest BCUT2D eigenvalue weighted by molar-refractivity contribution is -0.174. The summed E-state index contributed by atoms with van der Waals surface area (Å²) >= 11 is 0. The number of hydrogen-bond donors (Lipinski definition) is 3. The third-order valence-corrected chi connectivity index (χ3v) is 6.18. The lowest BCUT2D eigenvalue weighted by Crippen LogP contribution is -2.63. The molecule has 0 bridgehead atoms. The topological polar surface area (TPSA) is 125 Å². The number of benzene rings is 2. The molecule has 2 aromatic carbocycles. The van der Waals surface area contributed by atoms with E-state index in [-0.39, 0.29) is 44.5 Å². The van der Waals surface area contributed by atoms with Gasteiger partial charge in [0.05, 0.1) is 25.6 Å². The minimum Gasteiger partial charge on any atom is -0.480 e. The Morgan fingerprint density at radius 2 is 1.68 bits per heavy atom. The summed E-state index contributed by atoms with van der Waals surface area (Å²) in [5.41, 5.74) is 3.79. The maximum Gasteiger partial charge on any atom is 0.407 e. The number of nitrogens with zero attached hydrogens (tertiary/aromatic N) is 1. The zero-order valence-corrected chi connectivity index (χ0v) is 18.9. The maximum atomic E-state index is 12.3. The van der Waals surface area contributed by atoms with Crippen LogP contribution in [0.5, 0.6) is 0 Å². The molecule has 2 aromatic rings. The molecular formula is C25H28N2O7. The van der Waals surface area contributed by atoms with Gasteiger partial charge in [0.2, 0.25) is 5.91 Å². The van der Waals surface area contributed by atoms with Gasteiger partial charge in [-0.2, -0.15) is 0 Å². The van der Waals surface area contributed by atoms with Gasteiger partial charge in [-0.05, 0) is 29.2 Å². The molecule has 2 aliphatic rings. The Hall–Kier alpha value is -3.43.